The molecule has 7 heteroatoms. The van der Waals surface area contributed by atoms with Crippen molar-refractivity contribution in [2.24, 2.45) is 0 Å². The van der Waals surface area contributed by atoms with Crippen molar-refractivity contribution >= 4 is 21.7 Å². The van der Waals surface area contributed by atoms with E-state index in [0.717, 1.165) is 31.5 Å². The smallest absolute Gasteiger partial charge is 0.338 e. The van der Waals surface area contributed by atoms with E-state index in [4.69, 9.17) is 4.74 Å². The van der Waals surface area contributed by atoms with Gasteiger partial charge < -0.3 is 9.64 Å². The van der Waals surface area contributed by atoms with E-state index in [-0.39, 0.29) is 13.2 Å². The number of nitrogens with one attached hydrogen (secondary N) is 1. The summed E-state index contributed by atoms with van der Waals surface area (Å²) in [5, 5.41) is 0. The predicted molar refractivity (Wildman–Crippen MR) is 87.7 cm³/mol. The van der Waals surface area contributed by atoms with Gasteiger partial charge in [0.15, 0.2) is 0 Å². The molecule has 0 aliphatic heterocycles. The zero-order valence-electron chi connectivity index (χ0n) is 13.3. The van der Waals surface area contributed by atoms with Crippen LogP contribution in [-0.4, -0.2) is 46.9 Å². The Kier molecular flexibility index (Phi) is 7.34. The van der Waals surface area contributed by atoms with Crippen LogP contribution >= 0.6 is 0 Å². The maximum absolute atomic E-state index is 11.8. The van der Waals surface area contributed by atoms with E-state index in [1.165, 1.54) is 0 Å². The lowest BCUT2D eigenvalue weighted by Crippen LogP contribution is -2.27. The third kappa shape index (κ3) is 6.44. The molecule has 0 atom stereocenters. The highest BCUT2D eigenvalue weighted by molar-refractivity contribution is 7.88. The van der Waals surface area contributed by atoms with Crippen LogP contribution < -0.4 is 9.62 Å². The van der Waals surface area contributed by atoms with Gasteiger partial charge in [0.1, 0.15) is 6.61 Å². The van der Waals surface area contributed by atoms with Gasteiger partial charge in [-0.2, -0.15) is 0 Å². The first kappa shape index (κ1) is 18.4. The number of sulfonamides is 1. The Labute approximate surface area is 132 Å². The molecule has 0 aliphatic carbocycles. The number of benzene rings is 1. The lowest BCUT2D eigenvalue weighted by atomic mass is 10.2. The van der Waals surface area contributed by atoms with E-state index in [1.54, 1.807) is 12.1 Å². The normalized spacial score (nSPS) is 11.2. The van der Waals surface area contributed by atoms with Gasteiger partial charge in [-0.3, -0.25) is 0 Å². The van der Waals surface area contributed by atoms with E-state index >= 15 is 0 Å². The Balaban J connectivity index is 2.53. The molecule has 6 nitrogen and oxygen atoms in total. The van der Waals surface area contributed by atoms with Gasteiger partial charge >= 0.3 is 5.97 Å². The highest BCUT2D eigenvalue weighted by Gasteiger charge is 2.09. The minimum atomic E-state index is -3.26. The topological polar surface area (TPSA) is 75.7 Å². The predicted octanol–water partition coefficient (Wildman–Crippen LogP) is 1.63. The van der Waals surface area contributed by atoms with Crippen LogP contribution in [-0.2, 0) is 14.8 Å². The number of esters is 1. The first-order valence-electron chi connectivity index (χ1n) is 7.34. The largest absolute Gasteiger partial charge is 0.461 e. The van der Waals surface area contributed by atoms with Crippen molar-refractivity contribution < 1.29 is 17.9 Å². The highest BCUT2D eigenvalue weighted by Crippen LogP contribution is 2.16. The number of ether oxygens (including phenoxy) is 1. The summed E-state index contributed by atoms with van der Waals surface area (Å²) in [5.41, 5.74) is 1.52. The molecular formula is C15H24N2O4S. The summed E-state index contributed by atoms with van der Waals surface area (Å²) in [6, 6.07) is 7.23. The molecule has 0 heterocycles. The standard InChI is InChI=1S/C15H24N2O4S/c1-4-11-17(5-2)14-8-6-13(7-9-14)15(18)21-12-10-16-22(3,19)20/h6-9,16H,4-5,10-12H2,1-3H3. The molecule has 0 aromatic heterocycles. The fourth-order valence-corrected chi connectivity index (χ4v) is 2.46. The van der Waals surface area contributed by atoms with Crippen LogP contribution in [0.1, 0.15) is 30.6 Å². The third-order valence-corrected chi connectivity index (χ3v) is 3.77. The molecule has 1 N–H and O–H groups in total. The molecule has 1 aromatic rings. The van der Waals surface area contributed by atoms with E-state index in [1.807, 2.05) is 12.1 Å². The fraction of sp³-hybridized carbons (Fsp3) is 0.533. The highest BCUT2D eigenvalue weighted by atomic mass is 32.2. The summed E-state index contributed by atoms with van der Waals surface area (Å²) in [7, 11) is -3.26. The number of hydrogen-bond donors (Lipinski definition) is 1. The van der Waals surface area contributed by atoms with Crippen molar-refractivity contribution in [3.05, 3.63) is 29.8 Å². The molecule has 0 spiro atoms. The van der Waals surface area contributed by atoms with Crippen molar-refractivity contribution in [1.29, 1.82) is 0 Å². The molecule has 1 aromatic carbocycles. The molecule has 0 unspecified atom stereocenters. The summed E-state index contributed by atoms with van der Waals surface area (Å²) in [6.07, 6.45) is 2.12. The van der Waals surface area contributed by atoms with E-state index in [2.05, 4.69) is 23.5 Å². The van der Waals surface area contributed by atoms with Gasteiger partial charge in [-0.05, 0) is 37.6 Å². The minimum absolute atomic E-state index is 0.00454. The second-order valence-corrected chi connectivity index (χ2v) is 6.76. The van der Waals surface area contributed by atoms with Crippen LogP contribution in [0.25, 0.3) is 0 Å². The van der Waals surface area contributed by atoms with Crippen LogP contribution in [0, 0.1) is 0 Å². The quantitative estimate of drug-likeness (QED) is 0.551. The molecule has 1 rings (SSSR count). The molecule has 0 fully saturated rings. The fourth-order valence-electron chi connectivity index (χ4n) is 2.00. The van der Waals surface area contributed by atoms with Crippen LogP contribution in [0.3, 0.4) is 0 Å². The summed E-state index contributed by atoms with van der Waals surface area (Å²) in [5.74, 6) is -0.458. The maximum atomic E-state index is 11.8. The summed E-state index contributed by atoms with van der Waals surface area (Å²) < 4.78 is 29.0. The summed E-state index contributed by atoms with van der Waals surface area (Å²) in [6.45, 7) is 6.17. The zero-order chi connectivity index (χ0) is 16.6. The van der Waals surface area contributed by atoms with Crippen molar-refractivity contribution in [3.63, 3.8) is 0 Å². The Morgan fingerprint density at radius 1 is 1.23 bits per heavy atom. The monoisotopic (exact) mass is 328 g/mol. The SMILES string of the molecule is CCCN(CC)c1ccc(C(=O)OCCNS(C)(=O)=O)cc1. The number of anilines is 1. The minimum Gasteiger partial charge on any atom is -0.461 e. The van der Waals surface area contributed by atoms with Gasteiger partial charge in [-0.25, -0.2) is 17.9 Å². The van der Waals surface area contributed by atoms with Gasteiger partial charge in [-0.1, -0.05) is 6.92 Å². The maximum Gasteiger partial charge on any atom is 0.338 e. The molecule has 124 valence electrons. The van der Waals surface area contributed by atoms with Crippen molar-refractivity contribution in [1.82, 2.24) is 4.72 Å². The first-order valence-corrected chi connectivity index (χ1v) is 9.23. The lowest BCUT2D eigenvalue weighted by Gasteiger charge is -2.22. The average Bonchev–Trinajstić information content (AvgIpc) is 2.48. The molecule has 22 heavy (non-hydrogen) atoms. The second kappa shape index (κ2) is 8.75. The zero-order valence-corrected chi connectivity index (χ0v) is 14.1. The van der Waals surface area contributed by atoms with Gasteiger partial charge in [0.2, 0.25) is 10.0 Å². The average molecular weight is 328 g/mol. The van der Waals surface area contributed by atoms with Crippen LogP contribution in [0.15, 0.2) is 24.3 Å². The summed E-state index contributed by atoms with van der Waals surface area (Å²) >= 11 is 0. The van der Waals surface area contributed by atoms with E-state index < -0.39 is 16.0 Å². The van der Waals surface area contributed by atoms with E-state index in [9.17, 15) is 13.2 Å². The van der Waals surface area contributed by atoms with Gasteiger partial charge in [0, 0.05) is 25.3 Å². The van der Waals surface area contributed by atoms with Crippen molar-refractivity contribution in [3.8, 4) is 0 Å². The van der Waals surface area contributed by atoms with E-state index in [0.29, 0.717) is 5.56 Å². The van der Waals surface area contributed by atoms with Gasteiger partial charge in [0.05, 0.1) is 11.8 Å². The lowest BCUT2D eigenvalue weighted by molar-refractivity contribution is 0.0513. The Bertz CT molecular complexity index is 570. The van der Waals surface area contributed by atoms with Crippen LogP contribution in [0.2, 0.25) is 0 Å². The first-order chi connectivity index (χ1) is 10.4. The second-order valence-electron chi connectivity index (χ2n) is 4.93. The number of hydrogen-bond acceptors (Lipinski definition) is 5. The Hall–Kier alpha value is -1.60. The van der Waals surface area contributed by atoms with Crippen LogP contribution in [0.4, 0.5) is 5.69 Å². The number of nitrogens with zero attached hydrogens (tertiary/aromatic N) is 1. The van der Waals surface area contributed by atoms with Crippen LogP contribution in [0.5, 0.6) is 0 Å². The van der Waals surface area contributed by atoms with Crippen molar-refractivity contribution in [2.45, 2.75) is 20.3 Å². The Morgan fingerprint density at radius 3 is 2.36 bits per heavy atom. The number of rotatable bonds is 9. The number of carbonyl (C=O) groups excluding carboxylic acids is 1. The third-order valence-electron chi connectivity index (χ3n) is 3.04. The molecule has 0 amide bonds. The molecular weight excluding hydrogens is 304 g/mol. The Morgan fingerprint density at radius 2 is 1.86 bits per heavy atom. The molecule has 0 bridgehead atoms. The molecule has 0 aliphatic rings. The van der Waals surface area contributed by atoms with Gasteiger partial charge in [-0.15, -0.1) is 0 Å². The molecule has 0 saturated carbocycles. The van der Waals surface area contributed by atoms with Gasteiger partial charge in [0.25, 0.3) is 0 Å². The number of carbonyl (C=O) groups is 1. The molecule has 0 radical (unpaired) electrons. The summed E-state index contributed by atoms with van der Waals surface area (Å²) in [4.78, 5) is 14.1. The molecule has 0 saturated heterocycles. The van der Waals surface area contributed by atoms with Crippen molar-refractivity contribution in [2.75, 3.05) is 37.4 Å².